The summed E-state index contributed by atoms with van der Waals surface area (Å²) in [4.78, 5) is 11.3. The van der Waals surface area contributed by atoms with Crippen LogP contribution in [0.1, 0.15) is 18.4 Å². The number of hydrogen-bond donors (Lipinski definition) is 2. The smallest absolute Gasteiger partial charge is 0.220 e. The van der Waals surface area contributed by atoms with Crippen LogP contribution in [-0.2, 0) is 11.3 Å². The van der Waals surface area contributed by atoms with E-state index in [9.17, 15) is 9.90 Å². The SMILES string of the molecule is O=C(CCCCl)NCc1cc(Cl)ccc1O. The van der Waals surface area contributed by atoms with Crippen LogP contribution in [0.5, 0.6) is 5.75 Å². The summed E-state index contributed by atoms with van der Waals surface area (Å²) in [5.74, 6) is 0.512. The van der Waals surface area contributed by atoms with Crippen molar-refractivity contribution < 1.29 is 9.90 Å². The maximum atomic E-state index is 11.3. The standard InChI is InChI=1S/C11H13Cl2NO2/c12-5-1-2-11(16)14-7-8-6-9(13)3-4-10(8)15/h3-4,6,15H,1-2,5,7H2,(H,14,16). The molecule has 0 fully saturated rings. The van der Waals surface area contributed by atoms with Crippen molar-refractivity contribution in [3.8, 4) is 5.75 Å². The zero-order valence-electron chi connectivity index (χ0n) is 8.67. The van der Waals surface area contributed by atoms with Gasteiger partial charge in [-0.25, -0.2) is 0 Å². The maximum absolute atomic E-state index is 11.3. The molecule has 0 saturated carbocycles. The molecule has 0 aliphatic rings. The van der Waals surface area contributed by atoms with Crippen LogP contribution < -0.4 is 5.32 Å². The normalized spacial score (nSPS) is 10.1. The molecule has 0 bridgehead atoms. The van der Waals surface area contributed by atoms with Crippen molar-refractivity contribution in [1.82, 2.24) is 5.32 Å². The first-order valence-electron chi connectivity index (χ1n) is 4.93. The zero-order valence-corrected chi connectivity index (χ0v) is 10.2. The molecular formula is C11H13Cl2NO2. The van der Waals surface area contributed by atoms with Gasteiger partial charge in [0.1, 0.15) is 5.75 Å². The van der Waals surface area contributed by atoms with E-state index in [-0.39, 0.29) is 18.2 Å². The van der Waals surface area contributed by atoms with E-state index < -0.39 is 0 Å². The number of carbonyl (C=O) groups is 1. The lowest BCUT2D eigenvalue weighted by Crippen LogP contribution is -2.22. The number of hydrogen-bond acceptors (Lipinski definition) is 2. The Morgan fingerprint density at radius 3 is 2.88 bits per heavy atom. The van der Waals surface area contributed by atoms with Crippen molar-refractivity contribution >= 4 is 29.1 Å². The number of carbonyl (C=O) groups excluding carboxylic acids is 1. The summed E-state index contributed by atoms with van der Waals surface area (Å²) in [6.45, 7) is 0.271. The molecular weight excluding hydrogens is 249 g/mol. The third-order valence-electron chi connectivity index (χ3n) is 2.06. The van der Waals surface area contributed by atoms with E-state index >= 15 is 0 Å². The first kappa shape index (κ1) is 13.1. The fraction of sp³-hybridized carbons (Fsp3) is 0.364. The van der Waals surface area contributed by atoms with Crippen LogP contribution in [0.4, 0.5) is 0 Å². The van der Waals surface area contributed by atoms with Crippen LogP contribution in [0.15, 0.2) is 18.2 Å². The Morgan fingerprint density at radius 2 is 2.19 bits per heavy atom. The summed E-state index contributed by atoms with van der Waals surface area (Å²) >= 11 is 11.2. The summed E-state index contributed by atoms with van der Waals surface area (Å²) in [6.07, 6.45) is 1.04. The van der Waals surface area contributed by atoms with Gasteiger partial charge < -0.3 is 10.4 Å². The molecule has 0 aromatic heterocycles. The number of halogens is 2. The molecule has 0 aliphatic heterocycles. The van der Waals surface area contributed by atoms with Gasteiger partial charge in [-0.15, -0.1) is 11.6 Å². The number of nitrogens with one attached hydrogen (secondary N) is 1. The summed E-state index contributed by atoms with van der Waals surface area (Å²) < 4.78 is 0. The highest BCUT2D eigenvalue weighted by atomic mass is 35.5. The van der Waals surface area contributed by atoms with E-state index in [1.807, 2.05) is 0 Å². The molecule has 5 heteroatoms. The van der Waals surface area contributed by atoms with Crippen LogP contribution in [0.3, 0.4) is 0 Å². The van der Waals surface area contributed by atoms with Crippen molar-refractivity contribution in [2.45, 2.75) is 19.4 Å². The second-order valence-corrected chi connectivity index (χ2v) is 4.16. The monoisotopic (exact) mass is 261 g/mol. The largest absolute Gasteiger partial charge is 0.508 e. The lowest BCUT2D eigenvalue weighted by Gasteiger charge is -2.07. The summed E-state index contributed by atoms with van der Waals surface area (Å²) in [6, 6.07) is 4.72. The average Bonchev–Trinajstić information content (AvgIpc) is 2.27. The molecule has 1 amide bonds. The molecule has 0 unspecified atom stereocenters. The molecule has 0 saturated heterocycles. The summed E-state index contributed by atoms with van der Waals surface area (Å²) in [7, 11) is 0. The minimum atomic E-state index is -0.0833. The topological polar surface area (TPSA) is 49.3 Å². The van der Waals surface area contributed by atoms with Crippen molar-refractivity contribution in [2.24, 2.45) is 0 Å². The minimum absolute atomic E-state index is 0.0833. The third kappa shape index (κ3) is 4.29. The van der Waals surface area contributed by atoms with Gasteiger partial charge in [0.25, 0.3) is 0 Å². The molecule has 1 aromatic carbocycles. The zero-order chi connectivity index (χ0) is 12.0. The highest BCUT2D eigenvalue weighted by molar-refractivity contribution is 6.30. The van der Waals surface area contributed by atoms with Gasteiger partial charge in [-0.1, -0.05) is 11.6 Å². The number of rotatable bonds is 5. The third-order valence-corrected chi connectivity index (χ3v) is 2.56. The minimum Gasteiger partial charge on any atom is -0.508 e. The molecule has 0 aliphatic carbocycles. The number of phenolic OH excluding ortho intramolecular Hbond substituents is 1. The van der Waals surface area contributed by atoms with Gasteiger partial charge in [0.15, 0.2) is 0 Å². The molecule has 0 radical (unpaired) electrons. The first-order valence-corrected chi connectivity index (χ1v) is 5.85. The van der Waals surface area contributed by atoms with Crippen LogP contribution in [0.25, 0.3) is 0 Å². The second kappa shape index (κ2) is 6.61. The maximum Gasteiger partial charge on any atom is 0.220 e. The fourth-order valence-electron chi connectivity index (χ4n) is 1.21. The van der Waals surface area contributed by atoms with Gasteiger partial charge >= 0.3 is 0 Å². The molecule has 16 heavy (non-hydrogen) atoms. The number of alkyl halides is 1. The van der Waals surface area contributed by atoms with Gasteiger partial charge in [0.2, 0.25) is 5.91 Å². The Labute approximate surface area is 104 Å². The predicted molar refractivity (Wildman–Crippen MR) is 64.9 cm³/mol. The molecule has 1 rings (SSSR count). The van der Waals surface area contributed by atoms with Crippen LogP contribution in [-0.4, -0.2) is 16.9 Å². The Kier molecular flexibility index (Phi) is 5.43. The van der Waals surface area contributed by atoms with Gasteiger partial charge in [0.05, 0.1) is 0 Å². The molecule has 0 atom stereocenters. The van der Waals surface area contributed by atoms with Gasteiger partial charge in [-0.05, 0) is 24.6 Å². The quantitative estimate of drug-likeness (QED) is 0.801. The van der Waals surface area contributed by atoms with Crippen LogP contribution in [0.2, 0.25) is 5.02 Å². The Hall–Kier alpha value is -0.930. The lowest BCUT2D eigenvalue weighted by molar-refractivity contribution is -0.121. The number of amides is 1. The predicted octanol–water partition coefficient (Wildman–Crippen LogP) is 2.68. The van der Waals surface area contributed by atoms with Crippen molar-refractivity contribution in [3.05, 3.63) is 28.8 Å². The summed E-state index contributed by atoms with van der Waals surface area (Å²) in [5.41, 5.74) is 0.603. The van der Waals surface area contributed by atoms with Gasteiger partial charge in [0, 0.05) is 29.4 Å². The molecule has 0 spiro atoms. The van der Waals surface area contributed by atoms with Crippen molar-refractivity contribution in [2.75, 3.05) is 5.88 Å². The van der Waals surface area contributed by atoms with E-state index in [2.05, 4.69) is 5.32 Å². The molecule has 3 nitrogen and oxygen atoms in total. The molecule has 88 valence electrons. The number of aromatic hydroxyl groups is 1. The van der Waals surface area contributed by atoms with E-state index in [0.29, 0.717) is 29.3 Å². The van der Waals surface area contributed by atoms with Crippen molar-refractivity contribution in [3.63, 3.8) is 0 Å². The van der Waals surface area contributed by atoms with Gasteiger partial charge in [-0.3, -0.25) is 4.79 Å². The average molecular weight is 262 g/mol. The molecule has 1 aromatic rings. The van der Waals surface area contributed by atoms with Crippen molar-refractivity contribution in [1.29, 1.82) is 0 Å². The van der Waals surface area contributed by atoms with E-state index in [1.165, 1.54) is 6.07 Å². The number of benzene rings is 1. The van der Waals surface area contributed by atoms with E-state index in [1.54, 1.807) is 12.1 Å². The first-order chi connectivity index (χ1) is 7.63. The number of phenols is 1. The Bertz CT molecular complexity index is 369. The van der Waals surface area contributed by atoms with Crippen LogP contribution in [0, 0.1) is 0 Å². The van der Waals surface area contributed by atoms with Gasteiger partial charge in [-0.2, -0.15) is 0 Å². The van der Waals surface area contributed by atoms with Crippen LogP contribution >= 0.6 is 23.2 Å². The summed E-state index contributed by atoms with van der Waals surface area (Å²) in [5, 5.41) is 12.7. The van der Waals surface area contributed by atoms with E-state index in [0.717, 1.165) is 0 Å². The Morgan fingerprint density at radius 1 is 1.44 bits per heavy atom. The Balaban J connectivity index is 2.47. The second-order valence-electron chi connectivity index (χ2n) is 3.34. The fourth-order valence-corrected chi connectivity index (χ4v) is 1.53. The van der Waals surface area contributed by atoms with E-state index in [4.69, 9.17) is 23.2 Å². The highest BCUT2D eigenvalue weighted by Crippen LogP contribution is 2.21. The molecule has 2 N–H and O–H groups in total. The highest BCUT2D eigenvalue weighted by Gasteiger charge is 2.04. The lowest BCUT2D eigenvalue weighted by atomic mass is 10.2. The molecule has 0 heterocycles.